The average molecular weight is 232 g/mol. The summed E-state index contributed by atoms with van der Waals surface area (Å²) in [5.41, 5.74) is 1.56. The molecule has 0 saturated carbocycles. The van der Waals surface area contributed by atoms with E-state index in [-0.39, 0.29) is 5.78 Å². The highest BCUT2D eigenvalue weighted by atomic mass is 32.1. The van der Waals surface area contributed by atoms with Gasteiger partial charge < -0.3 is 4.74 Å². The molecule has 0 atom stereocenters. The van der Waals surface area contributed by atoms with Crippen LogP contribution in [0, 0.1) is 11.8 Å². The summed E-state index contributed by atoms with van der Waals surface area (Å²) in [6, 6.07) is 5.48. The third-order valence-electron chi connectivity index (χ3n) is 2.34. The largest absolute Gasteiger partial charge is 0.492 e. The fourth-order valence-electron chi connectivity index (χ4n) is 1.56. The van der Waals surface area contributed by atoms with E-state index in [1.54, 1.807) is 6.07 Å². The monoisotopic (exact) mass is 232 g/mol. The molecular formula is C13H12O2S. The average Bonchev–Trinajstić information content (AvgIpc) is 2.30. The first-order chi connectivity index (χ1) is 7.81. The molecule has 0 aliphatic carbocycles. The van der Waals surface area contributed by atoms with Crippen LogP contribution in [0.5, 0.6) is 5.75 Å². The molecule has 1 aliphatic rings. The molecule has 1 aliphatic heterocycles. The van der Waals surface area contributed by atoms with E-state index in [9.17, 15) is 4.79 Å². The number of benzene rings is 1. The lowest BCUT2D eigenvalue weighted by Crippen LogP contribution is -2.15. The second-order valence-electron chi connectivity index (χ2n) is 3.51. The summed E-state index contributed by atoms with van der Waals surface area (Å²) in [5.74, 6) is 7.59. The van der Waals surface area contributed by atoms with Crippen LogP contribution in [0.15, 0.2) is 18.2 Å². The fraction of sp³-hybridized carbons (Fsp3) is 0.308. The number of fused-ring (bicyclic) bond motifs is 1. The Bertz CT molecular complexity index is 469. The van der Waals surface area contributed by atoms with Gasteiger partial charge in [-0.05, 0) is 18.2 Å². The number of carbonyl (C=O) groups is 1. The minimum atomic E-state index is 0.149. The zero-order valence-corrected chi connectivity index (χ0v) is 9.72. The molecule has 0 amide bonds. The first-order valence-corrected chi connectivity index (χ1v) is 5.84. The van der Waals surface area contributed by atoms with Crippen LogP contribution in [0.2, 0.25) is 0 Å². The molecule has 1 aromatic rings. The highest BCUT2D eigenvalue weighted by Crippen LogP contribution is 2.25. The predicted molar refractivity (Wildman–Crippen MR) is 66.2 cm³/mol. The van der Waals surface area contributed by atoms with Crippen LogP contribution >= 0.6 is 12.6 Å². The summed E-state index contributed by atoms with van der Waals surface area (Å²) in [6.07, 6.45) is 1.23. The lowest BCUT2D eigenvalue weighted by Gasteiger charge is -2.15. The standard InChI is InChI=1S/C13H12O2S/c14-12-6-7-15-13-9-10(3-1-2-8-16)4-5-11(12)13/h4-5,9,16H,2,6-8H2. The summed E-state index contributed by atoms with van der Waals surface area (Å²) >= 11 is 4.09. The number of rotatable bonds is 1. The van der Waals surface area contributed by atoms with E-state index >= 15 is 0 Å². The summed E-state index contributed by atoms with van der Waals surface area (Å²) in [6.45, 7) is 0.472. The first kappa shape index (κ1) is 11.1. The lowest BCUT2D eigenvalue weighted by atomic mass is 10.0. The van der Waals surface area contributed by atoms with E-state index in [2.05, 4.69) is 24.5 Å². The van der Waals surface area contributed by atoms with E-state index in [0.717, 1.165) is 17.7 Å². The van der Waals surface area contributed by atoms with Crippen LogP contribution in [0.3, 0.4) is 0 Å². The highest BCUT2D eigenvalue weighted by molar-refractivity contribution is 7.80. The molecule has 0 radical (unpaired) electrons. The molecule has 3 heteroatoms. The summed E-state index contributed by atoms with van der Waals surface area (Å²) in [5, 5.41) is 0. The van der Waals surface area contributed by atoms with Crippen LogP contribution in [-0.4, -0.2) is 18.1 Å². The third kappa shape index (κ3) is 2.40. The molecule has 0 bridgehead atoms. The Hall–Kier alpha value is -1.40. The van der Waals surface area contributed by atoms with Gasteiger partial charge in [0.1, 0.15) is 5.75 Å². The van der Waals surface area contributed by atoms with Crippen molar-refractivity contribution in [2.75, 3.05) is 12.4 Å². The van der Waals surface area contributed by atoms with Crippen molar-refractivity contribution in [2.24, 2.45) is 0 Å². The van der Waals surface area contributed by atoms with Crippen molar-refractivity contribution in [3.8, 4) is 17.6 Å². The van der Waals surface area contributed by atoms with Gasteiger partial charge in [0.15, 0.2) is 5.78 Å². The number of carbonyl (C=O) groups excluding carboxylic acids is 1. The molecule has 0 spiro atoms. The lowest BCUT2D eigenvalue weighted by molar-refractivity contribution is 0.0933. The van der Waals surface area contributed by atoms with E-state index in [1.165, 1.54) is 0 Å². The van der Waals surface area contributed by atoms with Crippen LogP contribution < -0.4 is 4.74 Å². The SMILES string of the molecule is O=C1CCOc2cc(C#CCCS)ccc21. The first-order valence-electron chi connectivity index (χ1n) is 5.21. The summed E-state index contributed by atoms with van der Waals surface area (Å²) < 4.78 is 5.44. The Morgan fingerprint density at radius 2 is 2.31 bits per heavy atom. The van der Waals surface area contributed by atoms with E-state index in [1.807, 2.05) is 12.1 Å². The molecule has 0 aromatic heterocycles. The molecule has 0 fully saturated rings. The molecular weight excluding hydrogens is 220 g/mol. The molecule has 82 valence electrons. The molecule has 2 rings (SSSR count). The van der Waals surface area contributed by atoms with Crippen molar-refractivity contribution < 1.29 is 9.53 Å². The van der Waals surface area contributed by atoms with Gasteiger partial charge in [0.2, 0.25) is 0 Å². The van der Waals surface area contributed by atoms with Gasteiger partial charge in [-0.25, -0.2) is 0 Å². The Morgan fingerprint density at radius 1 is 1.44 bits per heavy atom. The van der Waals surface area contributed by atoms with Crippen molar-refractivity contribution in [3.63, 3.8) is 0 Å². The van der Waals surface area contributed by atoms with Gasteiger partial charge >= 0.3 is 0 Å². The van der Waals surface area contributed by atoms with Crippen molar-refractivity contribution in [2.45, 2.75) is 12.8 Å². The molecule has 2 nitrogen and oxygen atoms in total. The Kier molecular flexibility index (Phi) is 3.53. The molecule has 1 heterocycles. The number of hydrogen-bond donors (Lipinski definition) is 1. The number of ketones is 1. The van der Waals surface area contributed by atoms with Crippen LogP contribution in [0.1, 0.15) is 28.8 Å². The van der Waals surface area contributed by atoms with Crippen molar-refractivity contribution >= 4 is 18.4 Å². The molecule has 1 aromatic carbocycles. The van der Waals surface area contributed by atoms with Crippen LogP contribution in [-0.2, 0) is 0 Å². The molecule has 0 N–H and O–H groups in total. The Balaban J connectivity index is 2.26. The van der Waals surface area contributed by atoms with Gasteiger partial charge in [0, 0.05) is 24.2 Å². The van der Waals surface area contributed by atoms with Gasteiger partial charge in [-0.1, -0.05) is 11.8 Å². The zero-order valence-electron chi connectivity index (χ0n) is 8.82. The molecule has 0 saturated heterocycles. The number of thiol groups is 1. The maximum absolute atomic E-state index is 11.5. The van der Waals surface area contributed by atoms with Gasteiger partial charge in [-0.3, -0.25) is 4.79 Å². The molecule has 16 heavy (non-hydrogen) atoms. The minimum absolute atomic E-state index is 0.149. The zero-order chi connectivity index (χ0) is 11.4. The third-order valence-corrected chi connectivity index (χ3v) is 2.56. The Morgan fingerprint density at radius 3 is 3.12 bits per heavy atom. The Labute approximate surface area is 100 Å². The number of ether oxygens (including phenoxy) is 1. The molecule has 0 unspecified atom stereocenters. The smallest absolute Gasteiger partial charge is 0.169 e. The van der Waals surface area contributed by atoms with Crippen molar-refractivity contribution in [1.82, 2.24) is 0 Å². The minimum Gasteiger partial charge on any atom is -0.492 e. The van der Waals surface area contributed by atoms with Gasteiger partial charge in [0.05, 0.1) is 12.2 Å². The maximum atomic E-state index is 11.5. The normalized spacial score (nSPS) is 13.4. The van der Waals surface area contributed by atoms with Crippen molar-refractivity contribution in [3.05, 3.63) is 29.3 Å². The fourth-order valence-corrected chi connectivity index (χ4v) is 1.67. The van der Waals surface area contributed by atoms with E-state index < -0.39 is 0 Å². The van der Waals surface area contributed by atoms with Crippen LogP contribution in [0.25, 0.3) is 0 Å². The van der Waals surface area contributed by atoms with E-state index in [4.69, 9.17) is 4.74 Å². The predicted octanol–water partition coefficient (Wildman–Crippen LogP) is 2.32. The summed E-state index contributed by atoms with van der Waals surface area (Å²) in [7, 11) is 0. The van der Waals surface area contributed by atoms with Gasteiger partial charge in [-0.15, -0.1) is 0 Å². The maximum Gasteiger partial charge on any atom is 0.169 e. The summed E-state index contributed by atoms with van der Waals surface area (Å²) in [4.78, 5) is 11.5. The van der Waals surface area contributed by atoms with E-state index in [0.29, 0.717) is 24.3 Å². The number of Topliss-reactive ketones (excluding diaryl/α,β-unsaturated/α-hetero) is 1. The highest BCUT2D eigenvalue weighted by Gasteiger charge is 2.17. The van der Waals surface area contributed by atoms with Gasteiger partial charge in [0.25, 0.3) is 0 Å². The quantitative estimate of drug-likeness (QED) is 0.594. The number of hydrogen-bond acceptors (Lipinski definition) is 3. The second-order valence-corrected chi connectivity index (χ2v) is 3.96. The van der Waals surface area contributed by atoms with Crippen LogP contribution in [0.4, 0.5) is 0 Å². The second kappa shape index (κ2) is 5.09. The van der Waals surface area contributed by atoms with Gasteiger partial charge in [-0.2, -0.15) is 12.6 Å². The van der Waals surface area contributed by atoms with Crippen molar-refractivity contribution in [1.29, 1.82) is 0 Å². The topological polar surface area (TPSA) is 26.3 Å².